The third kappa shape index (κ3) is 4.39. The average Bonchev–Trinajstić information content (AvgIpc) is 3.26. The summed E-state index contributed by atoms with van der Waals surface area (Å²) in [6.07, 6.45) is 4.66. The van der Waals surface area contributed by atoms with Gasteiger partial charge in [0, 0.05) is 37.8 Å². The van der Waals surface area contributed by atoms with E-state index < -0.39 is 0 Å². The van der Waals surface area contributed by atoms with E-state index in [1.807, 2.05) is 42.3 Å². The van der Waals surface area contributed by atoms with Gasteiger partial charge in [-0.15, -0.1) is 0 Å². The molecule has 6 heteroatoms. The summed E-state index contributed by atoms with van der Waals surface area (Å²) in [6.45, 7) is 8.37. The van der Waals surface area contributed by atoms with Crippen molar-refractivity contribution in [2.45, 2.75) is 33.3 Å². The van der Waals surface area contributed by atoms with E-state index in [-0.39, 0.29) is 12.1 Å². The number of carbonyl (C=O) groups excluding carboxylic acids is 1. The minimum Gasteiger partial charge on any atom is -0.376 e. The maximum Gasteiger partial charge on any atom is 0.321 e. The molecule has 0 spiro atoms. The fourth-order valence-corrected chi connectivity index (χ4v) is 2.88. The molecule has 6 nitrogen and oxygen atoms in total. The number of amides is 2. The molecule has 2 amide bonds. The van der Waals surface area contributed by atoms with Gasteiger partial charge < -0.3 is 15.0 Å². The van der Waals surface area contributed by atoms with Gasteiger partial charge in [-0.1, -0.05) is 19.9 Å². The number of aromatic nitrogens is 2. The van der Waals surface area contributed by atoms with Crippen LogP contribution < -0.4 is 5.32 Å². The van der Waals surface area contributed by atoms with E-state index >= 15 is 0 Å². The Morgan fingerprint density at radius 1 is 1.44 bits per heavy atom. The molecule has 25 heavy (non-hydrogen) atoms. The molecule has 0 radical (unpaired) electrons. The van der Waals surface area contributed by atoms with Crippen LogP contribution in [-0.4, -0.2) is 46.5 Å². The molecular formula is C19H26N4O2. The quantitative estimate of drug-likeness (QED) is 0.905. The van der Waals surface area contributed by atoms with Gasteiger partial charge in [0.05, 0.1) is 11.8 Å². The van der Waals surface area contributed by atoms with Gasteiger partial charge in [0.15, 0.2) is 0 Å². The number of urea groups is 1. The molecule has 0 saturated carbocycles. The lowest BCUT2D eigenvalue weighted by atomic mass is 10.2. The number of carbonyl (C=O) groups is 1. The van der Waals surface area contributed by atoms with E-state index in [4.69, 9.17) is 4.74 Å². The average molecular weight is 342 g/mol. The van der Waals surface area contributed by atoms with Crippen molar-refractivity contribution >= 4 is 11.7 Å². The fourth-order valence-electron chi connectivity index (χ4n) is 2.88. The predicted molar refractivity (Wildman–Crippen MR) is 98.1 cm³/mol. The highest BCUT2D eigenvalue weighted by atomic mass is 16.5. The second-order valence-electron chi connectivity index (χ2n) is 6.96. The summed E-state index contributed by atoms with van der Waals surface area (Å²) in [5.74, 6) is 0.510. The van der Waals surface area contributed by atoms with Gasteiger partial charge in [-0.05, 0) is 43.0 Å². The van der Waals surface area contributed by atoms with Crippen molar-refractivity contribution in [1.82, 2.24) is 14.7 Å². The summed E-state index contributed by atoms with van der Waals surface area (Å²) in [4.78, 5) is 14.4. The van der Waals surface area contributed by atoms with Crippen LogP contribution in [0, 0.1) is 12.8 Å². The number of likely N-dealkylation sites (tertiary alicyclic amines) is 1. The van der Waals surface area contributed by atoms with Gasteiger partial charge in [-0.2, -0.15) is 5.10 Å². The molecule has 2 aromatic rings. The number of rotatable bonds is 5. The van der Waals surface area contributed by atoms with Crippen molar-refractivity contribution in [2.75, 3.05) is 25.0 Å². The van der Waals surface area contributed by atoms with E-state index in [0.717, 1.165) is 36.5 Å². The van der Waals surface area contributed by atoms with Crippen LogP contribution in [0.1, 0.15) is 25.8 Å². The van der Waals surface area contributed by atoms with Crippen molar-refractivity contribution in [3.8, 4) is 5.69 Å². The number of hydrogen-bond donors (Lipinski definition) is 1. The Morgan fingerprint density at radius 2 is 2.28 bits per heavy atom. The van der Waals surface area contributed by atoms with Gasteiger partial charge in [0.2, 0.25) is 0 Å². The molecule has 3 rings (SSSR count). The van der Waals surface area contributed by atoms with Gasteiger partial charge in [0.25, 0.3) is 0 Å². The molecule has 1 N–H and O–H groups in total. The first-order valence-corrected chi connectivity index (χ1v) is 8.81. The first kappa shape index (κ1) is 17.5. The number of ether oxygens (including phenoxy) is 1. The lowest BCUT2D eigenvalue weighted by Gasteiger charge is -2.19. The monoisotopic (exact) mass is 342 g/mol. The van der Waals surface area contributed by atoms with Crippen LogP contribution in [-0.2, 0) is 4.74 Å². The summed E-state index contributed by atoms with van der Waals surface area (Å²) >= 11 is 0. The number of benzene rings is 1. The highest BCUT2D eigenvalue weighted by Crippen LogP contribution is 2.21. The van der Waals surface area contributed by atoms with Crippen molar-refractivity contribution in [3.63, 3.8) is 0 Å². The van der Waals surface area contributed by atoms with Crippen molar-refractivity contribution in [1.29, 1.82) is 0 Å². The van der Waals surface area contributed by atoms with Crippen molar-refractivity contribution < 1.29 is 9.53 Å². The Kier molecular flexibility index (Phi) is 5.38. The first-order chi connectivity index (χ1) is 12.0. The van der Waals surface area contributed by atoms with Crippen LogP contribution in [0.15, 0.2) is 36.7 Å². The predicted octanol–water partition coefficient (Wildman–Crippen LogP) is 3.46. The summed E-state index contributed by atoms with van der Waals surface area (Å²) in [7, 11) is 0. The van der Waals surface area contributed by atoms with Gasteiger partial charge in [0.1, 0.15) is 0 Å². The van der Waals surface area contributed by atoms with E-state index in [0.29, 0.717) is 12.5 Å². The van der Waals surface area contributed by atoms with Crippen LogP contribution in [0.25, 0.3) is 5.69 Å². The normalized spacial score (nSPS) is 17.3. The van der Waals surface area contributed by atoms with Crippen LogP contribution >= 0.6 is 0 Å². The second-order valence-corrected chi connectivity index (χ2v) is 6.96. The van der Waals surface area contributed by atoms with E-state index in [1.165, 1.54) is 0 Å². The molecule has 1 atom stereocenters. The van der Waals surface area contributed by atoms with Crippen molar-refractivity contribution in [2.24, 2.45) is 5.92 Å². The second kappa shape index (κ2) is 7.70. The topological polar surface area (TPSA) is 59.4 Å². The summed E-state index contributed by atoms with van der Waals surface area (Å²) in [5.41, 5.74) is 2.76. The third-order valence-electron chi connectivity index (χ3n) is 4.33. The zero-order valence-corrected chi connectivity index (χ0v) is 15.1. The number of hydrogen-bond acceptors (Lipinski definition) is 3. The lowest BCUT2D eigenvalue weighted by molar-refractivity contribution is 0.0440. The third-order valence-corrected chi connectivity index (χ3v) is 4.33. The van der Waals surface area contributed by atoms with Crippen LogP contribution in [0.2, 0.25) is 0 Å². The maximum atomic E-state index is 12.6. The van der Waals surface area contributed by atoms with Crippen LogP contribution in [0.5, 0.6) is 0 Å². The number of nitrogens with one attached hydrogen (secondary N) is 1. The van der Waals surface area contributed by atoms with Gasteiger partial charge in [-0.25, -0.2) is 9.48 Å². The molecule has 0 bridgehead atoms. The van der Waals surface area contributed by atoms with Gasteiger partial charge in [-0.3, -0.25) is 0 Å². The smallest absolute Gasteiger partial charge is 0.321 e. The zero-order valence-electron chi connectivity index (χ0n) is 15.1. The Hall–Kier alpha value is -2.34. The van der Waals surface area contributed by atoms with E-state index in [2.05, 4.69) is 24.3 Å². The molecule has 1 aliphatic heterocycles. The minimum atomic E-state index is -0.0728. The fraction of sp³-hybridized carbons (Fsp3) is 0.474. The Morgan fingerprint density at radius 3 is 3.00 bits per heavy atom. The molecular weight excluding hydrogens is 316 g/mol. The molecule has 1 fully saturated rings. The number of nitrogens with zero attached hydrogens (tertiary/aromatic N) is 3. The zero-order chi connectivity index (χ0) is 17.8. The standard InChI is InChI=1S/C19H26N4O2/c1-14(2)13-25-17-7-10-22(12-17)19(24)21-18-11-16(6-5-15(18)3)23-9-4-8-20-23/h4-6,8-9,11,14,17H,7,10,12-13H2,1-3H3,(H,21,24). The van der Waals surface area contributed by atoms with Crippen LogP contribution in [0.4, 0.5) is 10.5 Å². The number of anilines is 1. The minimum absolute atomic E-state index is 0.0728. The van der Waals surface area contributed by atoms with Gasteiger partial charge >= 0.3 is 6.03 Å². The highest BCUT2D eigenvalue weighted by Gasteiger charge is 2.27. The van der Waals surface area contributed by atoms with Crippen LogP contribution in [0.3, 0.4) is 0 Å². The largest absolute Gasteiger partial charge is 0.376 e. The van der Waals surface area contributed by atoms with E-state index in [1.54, 1.807) is 10.9 Å². The summed E-state index contributed by atoms with van der Waals surface area (Å²) in [6, 6.07) is 7.73. The molecule has 1 aromatic heterocycles. The highest BCUT2D eigenvalue weighted by molar-refractivity contribution is 5.90. The number of aryl methyl sites for hydroxylation is 1. The molecule has 2 heterocycles. The maximum absolute atomic E-state index is 12.6. The molecule has 1 aliphatic rings. The Bertz CT molecular complexity index is 712. The van der Waals surface area contributed by atoms with Crippen molar-refractivity contribution in [3.05, 3.63) is 42.2 Å². The first-order valence-electron chi connectivity index (χ1n) is 8.81. The Labute approximate surface area is 148 Å². The molecule has 1 aromatic carbocycles. The summed E-state index contributed by atoms with van der Waals surface area (Å²) in [5, 5.41) is 7.27. The molecule has 134 valence electrons. The lowest BCUT2D eigenvalue weighted by Crippen LogP contribution is -2.34. The molecule has 1 unspecified atom stereocenters. The SMILES string of the molecule is Cc1ccc(-n2cccn2)cc1NC(=O)N1CCC(OCC(C)C)C1. The van der Waals surface area contributed by atoms with E-state index in [9.17, 15) is 4.79 Å². The summed E-state index contributed by atoms with van der Waals surface area (Å²) < 4.78 is 7.63. The Balaban J connectivity index is 1.62. The molecule has 1 saturated heterocycles. The molecule has 0 aliphatic carbocycles.